The van der Waals surface area contributed by atoms with Crippen LogP contribution in [0.4, 0.5) is 10.5 Å². The smallest absolute Gasteiger partial charge is 0.407 e. The van der Waals surface area contributed by atoms with Gasteiger partial charge in [0, 0.05) is 18.1 Å². The van der Waals surface area contributed by atoms with Gasteiger partial charge in [0.2, 0.25) is 0 Å². The summed E-state index contributed by atoms with van der Waals surface area (Å²) in [6.07, 6.45) is 0.808. The van der Waals surface area contributed by atoms with Crippen LogP contribution in [0.2, 0.25) is 0 Å². The molecule has 9 nitrogen and oxygen atoms in total. The quantitative estimate of drug-likeness (QED) is 0.354. The Bertz CT molecular complexity index is 905. The Balaban J connectivity index is 2.08. The van der Waals surface area contributed by atoms with Gasteiger partial charge in [-0.25, -0.2) is 10.2 Å². The topological polar surface area (TPSA) is 123 Å². The number of hydrogen-bond acceptors (Lipinski definition) is 6. The molecule has 0 aromatic heterocycles. The molecular formula is C19H19BrN4O5. The summed E-state index contributed by atoms with van der Waals surface area (Å²) in [6.45, 7) is 1.83. The highest BCUT2D eigenvalue weighted by atomic mass is 79.9. The van der Waals surface area contributed by atoms with Crippen LogP contribution in [0.25, 0.3) is 0 Å². The molecule has 1 atom stereocenters. The van der Waals surface area contributed by atoms with Gasteiger partial charge in [0.25, 0.3) is 11.6 Å². The van der Waals surface area contributed by atoms with Gasteiger partial charge in [-0.1, -0.05) is 36.4 Å². The lowest BCUT2D eigenvalue weighted by atomic mass is 10.1. The van der Waals surface area contributed by atoms with Crippen molar-refractivity contribution in [3.63, 3.8) is 0 Å². The van der Waals surface area contributed by atoms with E-state index in [0.29, 0.717) is 10.0 Å². The number of alkyl carbamates (subject to hydrolysis) is 1. The van der Waals surface area contributed by atoms with Crippen LogP contribution in [0, 0.1) is 10.1 Å². The number of nitrogens with zero attached hydrogens (tertiary/aromatic N) is 2. The minimum absolute atomic E-state index is 0.119. The Morgan fingerprint density at radius 2 is 2.00 bits per heavy atom. The van der Waals surface area contributed by atoms with Gasteiger partial charge in [0.15, 0.2) is 0 Å². The van der Waals surface area contributed by atoms with Crippen LogP contribution in [-0.2, 0) is 16.0 Å². The summed E-state index contributed by atoms with van der Waals surface area (Å²) >= 11 is 3.10. The van der Waals surface area contributed by atoms with Crippen LogP contribution >= 0.6 is 15.9 Å². The number of carbonyl (C=O) groups is 2. The summed E-state index contributed by atoms with van der Waals surface area (Å²) in [4.78, 5) is 34.7. The largest absolute Gasteiger partial charge is 0.450 e. The Hall–Kier alpha value is -3.27. The second-order valence-corrected chi connectivity index (χ2v) is 6.66. The number of amides is 2. The fourth-order valence-electron chi connectivity index (χ4n) is 2.37. The average Bonchev–Trinajstić information content (AvgIpc) is 2.69. The summed E-state index contributed by atoms with van der Waals surface area (Å²) in [5, 5.41) is 17.3. The van der Waals surface area contributed by atoms with Crippen LogP contribution in [0.3, 0.4) is 0 Å². The van der Waals surface area contributed by atoms with Crippen molar-refractivity contribution in [2.24, 2.45) is 5.10 Å². The molecule has 0 saturated heterocycles. The third kappa shape index (κ3) is 7.00. The number of halogens is 1. The number of ether oxygens (including phenoxy) is 1. The average molecular weight is 463 g/mol. The van der Waals surface area contributed by atoms with E-state index in [-0.39, 0.29) is 18.7 Å². The summed E-state index contributed by atoms with van der Waals surface area (Å²) in [7, 11) is 0. The zero-order chi connectivity index (χ0) is 21.2. The molecule has 152 valence electrons. The van der Waals surface area contributed by atoms with Crippen LogP contribution < -0.4 is 10.7 Å². The van der Waals surface area contributed by atoms with Crippen molar-refractivity contribution in [3.05, 3.63) is 74.2 Å². The van der Waals surface area contributed by atoms with Crippen molar-refractivity contribution < 1.29 is 19.2 Å². The first-order valence-electron chi connectivity index (χ1n) is 8.64. The van der Waals surface area contributed by atoms with Gasteiger partial charge in [-0.2, -0.15) is 5.10 Å². The molecule has 0 spiro atoms. The SMILES string of the molecule is CCOC(=O)N[C@@H](Cc1ccccc1)C(=O)N/N=C\c1ccc(Br)c([N+](=O)[O-])c1. The first kappa shape index (κ1) is 22.0. The number of nitrogens with one attached hydrogen (secondary N) is 2. The van der Waals surface area contributed by atoms with Crippen LogP contribution in [0.5, 0.6) is 0 Å². The number of carbonyl (C=O) groups excluding carboxylic acids is 2. The van der Waals surface area contributed by atoms with E-state index in [2.05, 4.69) is 31.8 Å². The van der Waals surface area contributed by atoms with E-state index >= 15 is 0 Å². The molecule has 0 saturated carbocycles. The molecule has 0 aliphatic heterocycles. The zero-order valence-corrected chi connectivity index (χ0v) is 17.1. The molecule has 0 aliphatic rings. The van der Waals surface area contributed by atoms with E-state index in [1.54, 1.807) is 13.0 Å². The van der Waals surface area contributed by atoms with Crippen molar-refractivity contribution in [2.45, 2.75) is 19.4 Å². The number of hydrogen-bond donors (Lipinski definition) is 2. The molecular weight excluding hydrogens is 444 g/mol. The predicted molar refractivity (Wildman–Crippen MR) is 111 cm³/mol. The minimum Gasteiger partial charge on any atom is -0.450 e. The maximum absolute atomic E-state index is 12.5. The Morgan fingerprint density at radius 3 is 2.66 bits per heavy atom. The first-order valence-corrected chi connectivity index (χ1v) is 9.44. The standard InChI is InChI=1S/C19H19BrN4O5/c1-2-29-19(26)22-16(10-13-6-4-3-5-7-13)18(25)23-21-12-14-8-9-15(20)17(11-14)24(27)28/h3-9,11-12,16H,2,10H2,1H3,(H,22,26)(H,23,25)/b21-12-/t16-/m0/s1. The fraction of sp³-hybridized carbons (Fsp3) is 0.211. The van der Waals surface area contributed by atoms with Crippen molar-refractivity contribution in [1.82, 2.24) is 10.7 Å². The molecule has 29 heavy (non-hydrogen) atoms. The third-order valence-corrected chi connectivity index (χ3v) is 4.39. The van der Waals surface area contributed by atoms with Gasteiger partial charge in [-0.15, -0.1) is 0 Å². The lowest BCUT2D eigenvalue weighted by molar-refractivity contribution is -0.385. The van der Waals surface area contributed by atoms with Crippen LogP contribution in [-0.4, -0.2) is 35.8 Å². The Kier molecular flexibility index (Phi) is 8.28. The van der Waals surface area contributed by atoms with Crippen molar-refractivity contribution in [1.29, 1.82) is 0 Å². The number of nitro benzene ring substituents is 1. The molecule has 0 fully saturated rings. The molecule has 2 aromatic carbocycles. The van der Waals surface area contributed by atoms with E-state index in [4.69, 9.17) is 4.74 Å². The number of rotatable bonds is 8. The summed E-state index contributed by atoms with van der Waals surface area (Å²) in [6, 6.07) is 12.7. The van der Waals surface area contributed by atoms with Gasteiger partial charge >= 0.3 is 6.09 Å². The molecule has 10 heteroatoms. The maximum Gasteiger partial charge on any atom is 0.407 e. The second kappa shape index (κ2) is 10.9. The zero-order valence-electron chi connectivity index (χ0n) is 15.5. The van der Waals surface area contributed by atoms with E-state index in [0.717, 1.165) is 5.56 Å². The van der Waals surface area contributed by atoms with E-state index in [1.807, 2.05) is 30.3 Å². The Labute approximate surface area is 175 Å². The van der Waals surface area contributed by atoms with Crippen molar-refractivity contribution in [2.75, 3.05) is 6.61 Å². The fourth-order valence-corrected chi connectivity index (χ4v) is 2.76. The van der Waals surface area contributed by atoms with Crippen LogP contribution in [0.1, 0.15) is 18.1 Å². The van der Waals surface area contributed by atoms with Crippen molar-refractivity contribution >= 4 is 39.8 Å². The number of hydrazone groups is 1. The summed E-state index contributed by atoms with van der Waals surface area (Å²) in [5.74, 6) is -0.551. The monoisotopic (exact) mass is 462 g/mol. The molecule has 2 aromatic rings. The van der Waals surface area contributed by atoms with Gasteiger partial charge in [0.05, 0.1) is 22.2 Å². The van der Waals surface area contributed by atoms with Gasteiger partial charge in [-0.05, 0) is 34.5 Å². The molecule has 0 unspecified atom stereocenters. The van der Waals surface area contributed by atoms with Gasteiger partial charge in [0.1, 0.15) is 6.04 Å². The normalized spacial score (nSPS) is 11.7. The van der Waals surface area contributed by atoms with Crippen molar-refractivity contribution in [3.8, 4) is 0 Å². The maximum atomic E-state index is 12.5. The highest BCUT2D eigenvalue weighted by molar-refractivity contribution is 9.10. The van der Waals surface area contributed by atoms with E-state index in [1.165, 1.54) is 18.3 Å². The lowest BCUT2D eigenvalue weighted by Gasteiger charge is -2.16. The predicted octanol–water partition coefficient (Wildman–Crippen LogP) is 3.16. The first-order chi connectivity index (χ1) is 13.9. The summed E-state index contributed by atoms with van der Waals surface area (Å²) < 4.78 is 5.18. The summed E-state index contributed by atoms with van der Waals surface area (Å²) in [5.41, 5.74) is 3.49. The molecule has 2 rings (SSSR count). The lowest BCUT2D eigenvalue weighted by Crippen LogP contribution is -2.47. The van der Waals surface area contributed by atoms with Gasteiger partial charge < -0.3 is 10.1 Å². The number of benzene rings is 2. The van der Waals surface area contributed by atoms with Gasteiger partial charge in [-0.3, -0.25) is 14.9 Å². The molecule has 2 amide bonds. The van der Waals surface area contributed by atoms with E-state index < -0.39 is 23.0 Å². The highest BCUT2D eigenvalue weighted by Crippen LogP contribution is 2.24. The molecule has 2 N–H and O–H groups in total. The Morgan fingerprint density at radius 1 is 1.28 bits per heavy atom. The third-order valence-electron chi connectivity index (χ3n) is 3.72. The molecule has 0 aliphatic carbocycles. The molecule has 0 radical (unpaired) electrons. The minimum atomic E-state index is -0.909. The molecule has 0 bridgehead atoms. The van der Waals surface area contributed by atoms with Crippen LogP contribution in [0.15, 0.2) is 58.1 Å². The second-order valence-electron chi connectivity index (χ2n) is 5.81. The number of nitro groups is 1. The molecule has 0 heterocycles. The highest BCUT2D eigenvalue weighted by Gasteiger charge is 2.21. The van der Waals surface area contributed by atoms with E-state index in [9.17, 15) is 19.7 Å².